The largest absolute Gasteiger partial charge is 0.389 e. The zero-order valence-electron chi connectivity index (χ0n) is 12.3. The normalized spacial score (nSPS) is 12.2. The van der Waals surface area contributed by atoms with Crippen molar-refractivity contribution in [2.75, 3.05) is 19.6 Å². The van der Waals surface area contributed by atoms with Gasteiger partial charge in [-0.15, -0.1) is 0 Å². The molecule has 1 atom stereocenters. The average molecular weight is 293 g/mol. The Labute approximate surface area is 126 Å². The molecule has 0 spiro atoms. The van der Waals surface area contributed by atoms with Crippen molar-refractivity contribution in [1.29, 1.82) is 0 Å². The summed E-state index contributed by atoms with van der Waals surface area (Å²) in [5.74, 6) is -0.0947. The fourth-order valence-corrected chi connectivity index (χ4v) is 2.16. The molecule has 0 saturated heterocycles. The van der Waals surface area contributed by atoms with Crippen molar-refractivity contribution in [3.63, 3.8) is 0 Å². The van der Waals surface area contributed by atoms with E-state index in [2.05, 4.69) is 24.1 Å². The number of thiocarbonyl (C=S) groups is 1. The highest BCUT2D eigenvalue weighted by Crippen LogP contribution is 2.06. The van der Waals surface area contributed by atoms with Crippen LogP contribution in [0.4, 0.5) is 0 Å². The summed E-state index contributed by atoms with van der Waals surface area (Å²) in [6.45, 7) is 9.04. The Morgan fingerprint density at radius 2 is 1.95 bits per heavy atom. The summed E-state index contributed by atoms with van der Waals surface area (Å²) in [5, 5.41) is 3.00. The number of nitrogens with two attached hydrogens (primary N) is 1. The van der Waals surface area contributed by atoms with Crippen LogP contribution in [0.25, 0.3) is 0 Å². The van der Waals surface area contributed by atoms with Crippen LogP contribution in [0.15, 0.2) is 24.3 Å². The summed E-state index contributed by atoms with van der Waals surface area (Å²) in [6.07, 6.45) is 0. The molecule has 0 fully saturated rings. The second kappa shape index (κ2) is 7.97. The second-order valence-electron chi connectivity index (χ2n) is 4.81. The van der Waals surface area contributed by atoms with Gasteiger partial charge in [-0.3, -0.25) is 4.79 Å². The van der Waals surface area contributed by atoms with Crippen LogP contribution in [-0.4, -0.2) is 41.5 Å². The van der Waals surface area contributed by atoms with Crippen LogP contribution in [-0.2, 0) is 0 Å². The lowest BCUT2D eigenvalue weighted by atomic mass is 10.1. The maximum atomic E-state index is 12.2. The molecule has 0 radical (unpaired) electrons. The van der Waals surface area contributed by atoms with Gasteiger partial charge in [-0.05, 0) is 32.1 Å². The lowest BCUT2D eigenvalue weighted by molar-refractivity contribution is 0.0930. The number of carbonyl (C=O) groups excluding carboxylic acids is 1. The number of amides is 1. The smallest absolute Gasteiger partial charge is 0.251 e. The Morgan fingerprint density at radius 1 is 1.35 bits per heavy atom. The van der Waals surface area contributed by atoms with Gasteiger partial charge in [-0.2, -0.15) is 0 Å². The molecule has 4 nitrogen and oxygen atoms in total. The SMILES string of the molecule is CCN(CC)CC(C)NC(=O)c1cccc(C(N)=S)c1. The number of carbonyl (C=O) groups is 1. The van der Waals surface area contributed by atoms with E-state index in [0.717, 1.165) is 19.6 Å². The van der Waals surface area contributed by atoms with Crippen molar-refractivity contribution < 1.29 is 4.79 Å². The first-order chi connectivity index (χ1) is 9.47. The Hall–Kier alpha value is -1.46. The van der Waals surface area contributed by atoms with Crippen molar-refractivity contribution in [3.05, 3.63) is 35.4 Å². The highest BCUT2D eigenvalue weighted by molar-refractivity contribution is 7.80. The van der Waals surface area contributed by atoms with Crippen molar-refractivity contribution in [1.82, 2.24) is 10.2 Å². The molecule has 20 heavy (non-hydrogen) atoms. The third-order valence-corrected chi connectivity index (χ3v) is 3.45. The van der Waals surface area contributed by atoms with Crippen molar-refractivity contribution in [2.24, 2.45) is 5.73 Å². The van der Waals surface area contributed by atoms with Gasteiger partial charge in [-0.1, -0.05) is 38.2 Å². The van der Waals surface area contributed by atoms with Gasteiger partial charge in [0.1, 0.15) is 4.99 Å². The second-order valence-corrected chi connectivity index (χ2v) is 5.25. The molecule has 1 aromatic rings. The molecule has 5 heteroatoms. The summed E-state index contributed by atoms with van der Waals surface area (Å²) < 4.78 is 0. The summed E-state index contributed by atoms with van der Waals surface area (Å²) >= 11 is 4.92. The van der Waals surface area contributed by atoms with E-state index in [1.54, 1.807) is 24.3 Å². The van der Waals surface area contributed by atoms with Gasteiger partial charge in [0.2, 0.25) is 0 Å². The Morgan fingerprint density at radius 3 is 2.50 bits per heavy atom. The molecule has 3 N–H and O–H groups in total. The van der Waals surface area contributed by atoms with Crippen molar-refractivity contribution >= 4 is 23.1 Å². The summed E-state index contributed by atoms with van der Waals surface area (Å²) in [4.78, 5) is 14.8. The quantitative estimate of drug-likeness (QED) is 0.752. The third-order valence-electron chi connectivity index (χ3n) is 3.21. The highest BCUT2D eigenvalue weighted by Gasteiger charge is 2.12. The van der Waals surface area contributed by atoms with E-state index in [9.17, 15) is 4.79 Å². The maximum absolute atomic E-state index is 12.2. The van der Waals surface area contributed by atoms with Gasteiger partial charge in [0.15, 0.2) is 0 Å². The number of hydrogen-bond acceptors (Lipinski definition) is 3. The van der Waals surface area contributed by atoms with E-state index in [0.29, 0.717) is 16.1 Å². The van der Waals surface area contributed by atoms with Crippen molar-refractivity contribution in [3.8, 4) is 0 Å². The molecule has 1 aromatic carbocycles. The Balaban J connectivity index is 2.66. The summed E-state index contributed by atoms with van der Waals surface area (Å²) in [5.41, 5.74) is 6.88. The molecule has 1 rings (SSSR count). The molecule has 0 aliphatic rings. The molecule has 1 amide bonds. The molecular weight excluding hydrogens is 270 g/mol. The number of nitrogens with zero attached hydrogens (tertiary/aromatic N) is 1. The first-order valence-electron chi connectivity index (χ1n) is 6.91. The molecule has 0 saturated carbocycles. The van der Waals surface area contributed by atoms with Crippen LogP contribution in [0.2, 0.25) is 0 Å². The zero-order chi connectivity index (χ0) is 15.1. The lowest BCUT2D eigenvalue weighted by Crippen LogP contribution is -2.42. The van der Waals surface area contributed by atoms with Gasteiger partial charge in [0.25, 0.3) is 5.91 Å². The molecule has 0 aliphatic heterocycles. The van der Waals surface area contributed by atoms with Gasteiger partial charge >= 0.3 is 0 Å². The number of benzene rings is 1. The number of nitrogens with one attached hydrogen (secondary N) is 1. The monoisotopic (exact) mass is 293 g/mol. The van der Waals surface area contributed by atoms with Gasteiger partial charge in [-0.25, -0.2) is 0 Å². The summed E-state index contributed by atoms with van der Waals surface area (Å²) in [7, 11) is 0. The molecule has 0 heterocycles. The fraction of sp³-hybridized carbons (Fsp3) is 0.467. The average Bonchev–Trinajstić information content (AvgIpc) is 2.44. The van der Waals surface area contributed by atoms with Crippen LogP contribution < -0.4 is 11.1 Å². The van der Waals surface area contributed by atoms with Crippen LogP contribution in [0.1, 0.15) is 36.7 Å². The first-order valence-corrected chi connectivity index (χ1v) is 7.31. The molecule has 0 aliphatic carbocycles. The molecule has 110 valence electrons. The molecule has 1 unspecified atom stereocenters. The zero-order valence-corrected chi connectivity index (χ0v) is 13.2. The van der Waals surface area contributed by atoms with E-state index >= 15 is 0 Å². The maximum Gasteiger partial charge on any atom is 0.251 e. The van der Waals surface area contributed by atoms with Gasteiger partial charge in [0.05, 0.1) is 0 Å². The minimum atomic E-state index is -0.0947. The lowest BCUT2D eigenvalue weighted by Gasteiger charge is -2.23. The van der Waals surface area contributed by atoms with E-state index in [1.165, 1.54) is 0 Å². The predicted octanol–water partition coefficient (Wildman–Crippen LogP) is 1.78. The highest BCUT2D eigenvalue weighted by atomic mass is 32.1. The number of rotatable bonds is 7. The van der Waals surface area contributed by atoms with Crippen molar-refractivity contribution in [2.45, 2.75) is 26.8 Å². The van der Waals surface area contributed by atoms with Crippen LogP contribution in [0, 0.1) is 0 Å². The Bertz CT molecular complexity index is 472. The fourth-order valence-electron chi connectivity index (χ4n) is 2.04. The third kappa shape index (κ3) is 4.90. The van der Waals surface area contributed by atoms with Crippen LogP contribution in [0.3, 0.4) is 0 Å². The number of hydrogen-bond donors (Lipinski definition) is 2. The Kier molecular flexibility index (Phi) is 6.61. The van der Waals surface area contributed by atoms with E-state index in [4.69, 9.17) is 18.0 Å². The number of likely N-dealkylation sites (N-methyl/N-ethyl adjacent to an activating group) is 1. The van der Waals surface area contributed by atoms with E-state index < -0.39 is 0 Å². The van der Waals surface area contributed by atoms with E-state index in [-0.39, 0.29) is 11.9 Å². The van der Waals surface area contributed by atoms with Gasteiger partial charge in [0, 0.05) is 23.7 Å². The standard InChI is InChI=1S/C15H23N3OS/c1-4-18(5-2)10-11(3)17-15(19)13-8-6-7-12(9-13)14(16)20/h6-9,11H,4-5,10H2,1-3H3,(H2,16,20)(H,17,19). The van der Waals surface area contributed by atoms with Crippen LogP contribution >= 0.6 is 12.2 Å². The molecule has 0 bridgehead atoms. The minimum Gasteiger partial charge on any atom is -0.389 e. The molecular formula is C15H23N3OS. The van der Waals surface area contributed by atoms with E-state index in [1.807, 2.05) is 6.92 Å². The topological polar surface area (TPSA) is 58.4 Å². The predicted molar refractivity (Wildman–Crippen MR) is 87.0 cm³/mol. The van der Waals surface area contributed by atoms with Gasteiger partial charge < -0.3 is 16.0 Å². The van der Waals surface area contributed by atoms with Crippen LogP contribution in [0.5, 0.6) is 0 Å². The first kappa shape index (κ1) is 16.6. The summed E-state index contributed by atoms with van der Waals surface area (Å²) in [6, 6.07) is 7.18. The minimum absolute atomic E-state index is 0.0934. The molecule has 0 aromatic heterocycles.